The molecule has 5 N–H and O–H groups in total. The minimum Gasteiger partial charge on any atom is -0.454 e. The Morgan fingerprint density at radius 3 is 2.41 bits per heavy atom. The van der Waals surface area contributed by atoms with Crippen molar-refractivity contribution in [3.8, 4) is 11.5 Å². The van der Waals surface area contributed by atoms with Gasteiger partial charge in [-0.05, 0) is 50.5 Å². The van der Waals surface area contributed by atoms with Crippen molar-refractivity contribution < 1.29 is 33.7 Å². The molecule has 2 aliphatic rings. The highest BCUT2D eigenvalue weighted by molar-refractivity contribution is 7.09. The molecule has 3 amide bonds. The summed E-state index contributed by atoms with van der Waals surface area (Å²) in [5.74, 6) is 0.391. The molecule has 14 heteroatoms. The molecular weight excluding hydrogens is 709 g/mol. The molecule has 0 aliphatic carbocycles. The highest BCUT2D eigenvalue weighted by Crippen LogP contribution is 2.33. The van der Waals surface area contributed by atoms with Crippen LogP contribution in [0.15, 0.2) is 53.9 Å². The molecule has 0 unspecified atom stereocenters. The van der Waals surface area contributed by atoms with Crippen molar-refractivity contribution in [1.82, 2.24) is 25.4 Å². The summed E-state index contributed by atoms with van der Waals surface area (Å²) in [5.41, 5.74) is 5.98. The Bertz CT molecular complexity index is 1750. The third-order valence-electron chi connectivity index (χ3n) is 9.83. The molecule has 1 fully saturated rings. The Morgan fingerprint density at radius 1 is 1.04 bits per heavy atom. The van der Waals surface area contributed by atoms with E-state index in [0.717, 1.165) is 16.1 Å². The molecule has 1 saturated heterocycles. The molecule has 3 heterocycles. The summed E-state index contributed by atoms with van der Waals surface area (Å²) < 4.78 is 16.8. The zero-order chi connectivity index (χ0) is 39.2. The number of hydrogen-bond acceptors (Lipinski definition) is 11. The number of rotatable bonds is 15. The topological polar surface area (TPSA) is 169 Å². The van der Waals surface area contributed by atoms with Gasteiger partial charge < -0.3 is 35.7 Å². The first-order chi connectivity index (χ1) is 25.5. The zero-order valence-corrected chi connectivity index (χ0v) is 33.3. The van der Waals surface area contributed by atoms with Gasteiger partial charge in [0.05, 0.1) is 22.8 Å². The van der Waals surface area contributed by atoms with E-state index in [4.69, 9.17) is 24.9 Å². The first-order valence-electron chi connectivity index (χ1n) is 18.7. The zero-order valence-electron chi connectivity index (χ0n) is 32.5. The number of primary amides is 1. The van der Waals surface area contributed by atoms with Crippen LogP contribution < -0.4 is 25.8 Å². The number of benzene rings is 2. The molecule has 294 valence electrons. The van der Waals surface area contributed by atoms with E-state index < -0.39 is 47.2 Å². The second-order valence-electron chi connectivity index (χ2n) is 16.0. The number of aliphatic hydroxyl groups excluding tert-OH is 1. The number of carbonyl (C=O) groups is 3. The third kappa shape index (κ3) is 10.5. The van der Waals surface area contributed by atoms with Crippen molar-refractivity contribution >= 4 is 29.2 Å². The van der Waals surface area contributed by atoms with Gasteiger partial charge in [0.2, 0.25) is 12.7 Å². The van der Waals surface area contributed by atoms with Crippen LogP contribution in [0.25, 0.3) is 0 Å². The van der Waals surface area contributed by atoms with Crippen molar-refractivity contribution in [3.05, 3.63) is 75.7 Å². The number of nitrogens with one attached hydrogen (secondary N) is 2. The first kappa shape index (κ1) is 40.9. The monoisotopic (exact) mass is 764 g/mol. The van der Waals surface area contributed by atoms with Gasteiger partial charge in [-0.2, -0.15) is 0 Å². The maximum absolute atomic E-state index is 14.5. The van der Waals surface area contributed by atoms with Gasteiger partial charge in [0.25, 0.3) is 5.91 Å². The maximum atomic E-state index is 14.5. The Labute approximate surface area is 322 Å². The van der Waals surface area contributed by atoms with Crippen LogP contribution in [-0.2, 0) is 33.7 Å². The first-order valence-corrected chi connectivity index (χ1v) is 19.5. The minimum absolute atomic E-state index is 0.0111. The molecule has 13 nitrogen and oxygen atoms in total. The molecule has 0 radical (unpaired) electrons. The van der Waals surface area contributed by atoms with E-state index in [1.54, 1.807) is 13.8 Å². The SMILES string of the molecule is CC(C)c1nc(C[C@@](OC(N)=O)(C(=O)N[C@@H](Cc2ccccc2)[C@H](O)CN2CCN(Cc3ccc4c(c3)OCO4)C[C@H]2C(=O)NC(C)(C)C)C(C)C)cs1. The fourth-order valence-corrected chi connectivity index (χ4v) is 7.75. The molecule has 3 aromatic rings. The Morgan fingerprint density at radius 2 is 1.76 bits per heavy atom. The van der Waals surface area contributed by atoms with E-state index in [-0.39, 0.29) is 38.0 Å². The second-order valence-corrected chi connectivity index (χ2v) is 16.9. The Kier molecular flexibility index (Phi) is 13.3. The van der Waals surface area contributed by atoms with Gasteiger partial charge in [-0.15, -0.1) is 11.3 Å². The largest absolute Gasteiger partial charge is 0.454 e. The number of nitrogens with zero attached hydrogens (tertiary/aromatic N) is 3. The molecule has 0 spiro atoms. The van der Waals surface area contributed by atoms with Gasteiger partial charge >= 0.3 is 6.09 Å². The van der Waals surface area contributed by atoms with Crippen LogP contribution in [-0.4, -0.2) is 100 Å². The molecular formula is C40H56N6O7S. The van der Waals surface area contributed by atoms with Gasteiger partial charge in [0, 0.05) is 61.9 Å². The lowest BCUT2D eigenvalue weighted by Gasteiger charge is -2.43. The van der Waals surface area contributed by atoms with Crippen LogP contribution in [0.5, 0.6) is 11.5 Å². The summed E-state index contributed by atoms with van der Waals surface area (Å²) in [5, 5.41) is 21.0. The van der Waals surface area contributed by atoms with Crippen LogP contribution in [0, 0.1) is 5.92 Å². The summed E-state index contributed by atoms with van der Waals surface area (Å²) in [6.45, 7) is 16.0. The number of carbonyl (C=O) groups excluding carboxylic acids is 3. The van der Waals surface area contributed by atoms with Crippen molar-refractivity contribution in [1.29, 1.82) is 0 Å². The smallest absolute Gasteiger partial charge is 0.405 e. The number of aromatic nitrogens is 1. The molecule has 4 atom stereocenters. The number of thiazole rings is 1. The van der Waals surface area contributed by atoms with Gasteiger partial charge in [-0.1, -0.05) is 64.1 Å². The van der Waals surface area contributed by atoms with Crippen molar-refractivity contribution in [2.24, 2.45) is 11.7 Å². The standard InChI is InChI=1S/C40H56N6O7S/c1-25(2)36-42-29(23-54-36)19-40(26(3)4,53-38(41)50)37(49)43-30(17-27-11-9-8-10-12-27)32(47)22-46-16-15-45(21-31(46)35(48)44-39(5,6)7)20-28-13-14-33-34(18-28)52-24-51-33/h8-14,18,23,25-26,30-32,47H,15-17,19-22,24H2,1-7H3,(H2,41,50)(H,43,49)(H,44,48)/t30-,31-,32+,40-/m0/s1. The summed E-state index contributed by atoms with van der Waals surface area (Å²) in [4.78, 5) is 49.7. The number of β-amino-alcohol motifs (C(OH)–C–C–N with tert-alkyl or cyclic N) is 1. The van der Waals surface area contributed by atoms with Crippen LogP contribution in [0.2, 0.25) is 0 Å². The summed E-state index contributed by atoms with van der Waals surface area (Å²) in [6, 6.07) is 14.0. The molecule has 2 aliphatic heterocycles. The number of nitrogens with two attached hydrogens (primary N) is 1. The molecule has 1 aromatic heterocycles. The molecule has 0 saturated carbocycles. The normalized spacial score (nSPS) is 18.6. The van der Waals surface area contributed by atoms with E-state index in [1.165, 1.54) is 11.3 Å². The molecule has 0 bridgehead atoms. The lowest BCUT2D eigenvalue weighted by molar-refractivity contribution is -0.146. The van der Waals surface area contributed by atoms with Crippen LogP contribution in [0.3, 0.4) is 0 Å². The Hall–Kier alpha value is -4.24. The number of aliphatic hydroxyl groups is 1. The maximum Gasteiger partial charge on any atom is 0.405 e. The van der Waals surface area contributed by atoms with Crippen LogP contribution in [0.1, 0.15) is 76.2 Å². The van der Waals surface area contributed by atoms with Gasteiger partial charge in [-0.3, -0.25) is 19.4 Å². The molecule has 54 heavy (non-hydrogen) atoms. The van der Waals surface area contributed by atoms with E-state index in [9.17, 15) is 19.5 Å². The van der Waals surface area contributed by atoms with Crippen molar-refractivity contribution in [2.45, 2.75) is 103 Å². The average molecular weight is 765 g/mol. The summed E-state index contributed by atoms with van der Waals surface area (Å²) in [7, 11) is 0. The lowest BCUT2D eigenvalue weighted by atomic mass is 9.84. The summed E-state index contributed by atoms with van der Waals surface area (Å²) in [6.07, 6.45) is -1.89. The predicted octanol–water partition coefficient (Wildman–Crippen LogP) is 4.22. The van der Waals surface area contributed by atoms with E-state index >= 15 is 0 Å². The highest BCUT2D eigenvalue weighted by Gasteiger charge is 2.47. The predicted molar refractivity (Wildman–Crippen MR) is 207 cm³/mol. The van der Waals surface area contributed by atoms with E-state index in [2.05, 4.69) is 15.5 Å². The van der Waals surface area contributed by atoms with Crippen LogP contribution in [0.4, 0.5) is 4.79 Å². The number of amides is 3. The fourth-order valence-electron chi connectivity index (χ4n) is 6.91. The highest BCUT2D eigenvalue weighted by atomic mass is 32.1. The average Bonchev–Trinajstić information content (AvgIpc) is 3.77. The molecule has 5 rings (SSSR count). The number of piperazine rings is 1. The van der Waals surface area contributed by atoms with Crippen molar-refractivity contribution in [3.63, 3.8) is 0 Å². The quantitative estimate of drug-likeness (QED) is 0.176. The molecule has 2 aromatic carbocycles. The second kappa shape index (κ2) is 17.5. The van der Waals surface area contributed by atoms with Gasteiger partial charge in [0.15, 0.2) is 17.1 Å². The van der Waals surface area contributed by atoms with Crippen LogP contribution >= 0.6 is 11.3 Å². The summed E-state index contributed by atoms with van der Waals surface area (Å²) >= 11 is 1.48. The van der Waals surface area contributed by atoms with Gasteiger partial charge in [0.1, 0.15) is 6.04 Å². The Balaban J connectivity index is 1.39. The number of ether oxygens (including phenoxy) is 3. The van der Waals surface area contributed by atoms with E-state index in [1.807, 2.05) is 93.4 Å². The number of hydrogen-bond donors (Lipinski definition) is 4. The third-order valence-corrected chi connectivity index (χ3v) is 11.0. The lowest BCUT2D eigenvalue weighted by Crippen LogP contribution is -2.64. The van der Waals surface area contributed by atoms with E-state index in [0.29, 0.717) is 43.4 Å². The number of fused-ring (bicyclic) bond motifs is 1. The van der Waals surface area contributed by atoms with Crippen molar-refractivity contribution in [2.75, 3.05) is 33.0 Å². The van der Waals surface area contributed by atoms with Gasteiger partial charge in [-0.25, -0.2) is 9.78 Å². The minimum atomic E-state index is -1.70. The fraction of sp³-hybridized carbons (Fsp3) is 0.550.